The molecule has 0 aliphatic heterocycles. The van der Waals surface area contributed by atoms with Gasteiger partial charge in [0.1, 0.15) is 5.82 Å². The molecule has 1 fully saturated rings. The van der Waals surface area contributed by atoms with Crippen molar-refractivity contribution in [1.29, 1.82) is 0 Å². The smallest absolute Gasteiger partial charge is 0.278 e. The predicted octanol–water partition coefficient (Wildman–Crippen LogP) is 2.04. The Bertz CT molecular complexity index is 1400. The second-order valence-corrected chi connectivity index (χ2v) is 10.4. The Hall–Kier alpha value is -3.97. The maximum Gasteiger partial charge on any atom is 0.278 e. The molecule has 190 valence electrons. The van der Waals surface area contributed by atoms with Gasteiger partial charge in [-0.25, -0.2) is 18.9 Å². The number of anilines is 4. The number of carbonyl (C=O) groups excluding carboxylic acids is 2. The first-order valence-electron chi connectivity index (χ1n) is 11.0. The number of amides is 2. The first kappa shape index (κ1) is 25.1. The maximum atomic E-state index is 12.7. The number of sulfonamides is 1. The van der Waals surface area contributed by atoms with Gasteiger partial charge in [-0.05, 0) is 18.9 Å². The third-order valence-electron chi connectivity index (χ3n) is 5.78. The standard InChI is InChI=1S/C23H27N7O5S/c1-28-13-15(11-25-28)17-6-5-7-19(22(17)29(2)36(4,33)34)26-20-10-21(30(14-31)16-8-9-16)24-12-18(20)23(32)27-35-3/h5-7,10-14,16H,8-9H2,1-4H3,(H,24,26)(H,27,32). The molecule has 12 nitrogen and oxygen atoms in total. The summed E-state index contributed by atoms with van der Waals surface area (Å²) in [5.41, 5.74) is 4.82. The van der Waals surface area contributed by atoms with Crippen LogP contribution in [-0.4, -0.2) is 62.0 Å². The van der Waals surface area contributed by atoms with Crippen molar-refractivity contribution in [2.24, 2.45) is 7.05 Å². The van der Waals surface area contributed by atoms with E-state index in [-0.39, 0.29) is 11.6 Å². The summed E-state index contributed by atoms with van der Waals surface area (Å²) in [6.45, 7) is 0. The summed E-state index contributed by atoms with van der Waals surface area (Å²) in [4.78, 5) is 35.0. The third kappa shape index (κ3) is 5.16. The number of aromatic nitrogens is 3. The summed E-state index contributed by atoms with van der Waals surface area (Å²) in [5, 5.41) is 7.40. The molecule has 36 heavy (non-hydrogen) atoms. The zero-order chi connectivity index (χ0) is 26.0. The fourth-order valence-electron chi connectivity index (χ4n) is 3.79. The number of hydrogen-bond acceptors (Lipinski definition) is 8. The summed E-state index contributed by atoms with van der Waals surface area (Å²) >= 11 is 0. The van der Waals surface area contributed by atoms with Crippen LogP contribution in [0.4, 0.5) is 22.9 Å². The summed E-state index contributed by atoms with van der Waals surface area (Å²) < 4.78 is 28.0. The average molecular weight is 514 g/mol. The van der Waals surface area contributed by atoms with Crippen LogP contribution < -0.4 is 20.0 Å². The Labute approximate surface area is 208 Å². The van der Waals surface area contributed by atoms with Crippen LogP contribution in [0.25, 0.3) is 11.1 Å². The summed E-state index contributed by atoms with van der Waals surface area (Å²) in [7, 11) is 0.871. The molecule has 0 unspecified atom stereocenters. The highest BCUT2D eigenvalue weighted by molar-refractivity contribution is 7.92. The van der Waals surface area contributed by atoms with Crippen molar-refractivity contribution in [3.05, 3.63) is 48.4 Å². The minimum atomic E-state index is -3.66. The van der Waals surface area contributed by atoms with Crippen LogP contribution in [0.1, 0.15) is 23.2 Å². The van der Waals surface area contributed by atoms with E-state index in [1.807, 2.05) is 0 Å². The molecular weight excluding hydrogens is 486 g/mol. The summed E-state index contributed by atoms with van der Waals surface area (Å²) in [5.74, 6) is -0.199. The fourth-order valence-corrected chi connectivity index (χ4v) is 4.31. The molecule has 0 radical (unpaired) electrons. The lowest BCUT2D eigenvalue weighted by molar-refractivity contribution is -0.107. The number of rotatable bonds is 10. The normalized spacial score (nSPS) is 13.2. The molecule has 0 saturated heterocycles. The Morgan fingerprint density at radius 3 is 2.58 bits per heavy atom. The van der Waals surface area contributed by atoms with Gasteiger partial charge in [0.15, 0.2) is 0 Å². The van der Waals surface area contributed by atoms with Crippen molar-refractivity contribution in [3.8, 4) is 11.1 Å². The van der Waals surface area contributed by atoms with Crippen molar-refractivity contribution in [2.75, 3.05) is 34.9 Å². The molecule has 1 saturated carbocycles. The van der Waals surface area contributed by atoms with E-state index in [1.54, 1.807) is 48.4 Å². The van der Waals surface area contributed by atoms with Gasteiger partial charge in [0.25, 0.3) is 5.91 Å². The number of aryl methyl sites for hydroxylation is 1. The van der Waals surface area contributed by atoms with Crippen LogP contribution in [0, 0.1) is 0 Å². The maximum absolute atomic E-state index is 12.7. The molecule has 1 aliphatic rings. The molecule has 3 aromatic rings. The molecule has 0 atom stereocenters. The second kappa shape index (κ2) is 9.95. The molecule has 0 spiro atoms. The second-order valence-electron chi connectivity index (χ2n) is 8.43. The van der Waals surface area contributed by atoms with E-state index in [0.717, 1.165) is 23.4 Å². The van der Waals surface area contributed by atoms with Crippen LogP contribution in [0.2, 0.25) is 0 Å². The van der Waals surface area contributed by atoms with Gasteiger partial charge in [-0.2, -0.15) is 5.10 Å². The summed E-state index contributed by atoms with van der Waals surface area (Å²) in [6, 6.07) is 6.90. The molecule has 2 aromatic heterocycles. The van der Waals surface area contributed by atoms with Gasteiger partial charge in [0.05, 0.1) is 42.2 Å². The number of para-hydroxylation sites is 1. The number of hydrogen-bond donors (Lipinski definition) is 2. The number of pyridine rings is 1. The quantitative estimate of drug-likeness (QED) is 0.310. The minimum Gasteiger partial charge on any atom is -0.353 e. The lowest BCUT2D eigenvalue weighted by atomic mass is 10.1. The van der Waals surface area contributed by atoms with Crippen molar-refractivity contribution in [3.63, 3.8) is 0 Å². The van der Waals surface area contributed by atoms with Gasteiger partial charge in [-0.1, -0.05) is 12.1 Å². The average Bonchev–Trinajstić information content (AvgIpc) is 3.57. The van der Waals surface area contributed by atoms with Gasteiger partial charge in [-0.15, -0.1) is 0 Å². The highest BCUT2D eigenvalue weighted by Gasteiger charge is 2.31. The van der Waals surface area contributed by atoms with Crippen molar-refractivity contribution in [2.45, 2.75) is 18.9 Å². The van der Waals surface area contributed by atoms with E-state index in [2.05, 4.69) is 20.9 Å². The monoisotopic (exact) mass is 513 g/mol. The van der Waals surface area contributed by atoms with Gasteiger partial charge in [-0.3, -0.25) is 28.3 Å². The predicted molar refractivity (Wildman–Crippen MR) is 135 cm³/mol. The van der Waals surface area contributed by atoms with E-state index in [9.17, 15) is 18.0 Å². The molecule has 1 aliphatic carbocycles. The minimum absolute atomic E-state index is 0.0577. The van der Waals surface area contributed by atoms with E-state index in [0.29, 0.717) is 40.4 Å². The molecule has 13 heteroatoms. The Balaban J connectivity index is 1.87. The number of hydroxylamine groups is 1. The number of nitrogens with one attached hydrogen (secondary N) is 2. The molecule has 0 bridgehead atoms. The molecular formula is C23H27N7O5S. The number of benzene rings is 1. The lowest BCUT2D eigenvalue weighted by Crippen LogP contribution is -2.27. The first-order valence-corrected chi connectivity index (χ1v) is 12.9. The topological polar surface area (TPSA) is 139 Å². The Morgan fingerprint density at radius 1 is 1.25 bits per heavy atom. The van der Waals surface area contributed by atoms with Crippen molar-refractivity contribution < 1.29 is 22.8 Å². The molecule has 2 heterocycles. The fraction of sp³-hybridized carbons (Fsp3) is 0.304. The largest absolute Gasteiger partial charge is 0.353 e. The number of nitrogens with zero attached hydrogens (tertiary/aromatic N) is 5. The van der Waals surface area contributed by atoms with Crippen LogP contribution in [0.5, 0.6) is 0 Å². The zero-order valence-corrected chi connectivity index (χ0v) is 21.1. The van der Waals surface area contributed by atoms with Crippen molar-refractivity contribution in [1.82, 2.24) is 20.2 Å². The Morgan fingerprint density at radius 2 is 2.00 bits per heavy atom. The third-order valence-corrected chi connectivity index (χ3v) is 6.96. The van der Waals surface area contributed by atoms with Gasteiger partial charge < -0.3 is 5.32 Å². The molecule has 4 rings (SSSR count). The van der Waals surface area contributed by atoms with Crippen molar-refractivity contribution >= 4 is 45.2 Å². The highest BCUT2D eigenvalue weighted by atomic mass is 32.2. The molecule has 2 N–H and O–H groups in total. The van der Waals surface area contributed by atoms with E-state index >= 15 is 0 Å². The van der Waals surface area contributed by atoms with Gasteiger partial charge in [0.2, 0.25) is 16.4 Å². The highest BCUT2D eigenvalue weighted by Crippen LogP contribution is 2.40. The first-order chi connectivity index (χ1) is 17.1. The van der Waals surface area contributed by atoms with Gasteiger partial charge in [0, 0.05) is 49.7 Å². The van der Waals surface area contributed by atoms with E-state index in [4.69, 9.17) is 4.84 Å². The lowest BCUT2D eigenvalue weighted by Gasteiger charge is -2.25. The summed E-state index contributed by atoms with van der Waals surface area (Å²) in [6.07, 6.45) is 8.31. The zero-order valence-electron chi connectivity index (χ0n) is 20.3. The number of carbonyl (C=O) groups is 2. The molecule has 2 amide bonds. The SMILES string of the molecule is CONC(=O)c1cnc(N(C=O)C2CC2)cc1Nc1cccc(-c2cnn(C)c2)c1N(C)S(C)(=O)=O. The van der Waals surface area contributed by atoms with Crippen LogP contribution in [0.3, 0.4) is 0 Å². The Kier molecular flexibility index (Phi) is 6.95. The van der Waals surface area contributed by atoms with Gasteiger partial charge >= 0.3 is 0 Å². The van der Waals surface area contributed by atoms with Crippen LogP contribution in [-0.2, 0) is 26.7 Å². The van der Waals surface area contributed by atoms with E-state index < -0.39 is 15.9 Å². The van der Waals surface area contributed by atoms with Crippen LogP contribution in [0.15, 0.2) is 42.9 Å². The molecule has 1 aromatic carbocycles. The van der Waals surface area contributed by atoms with E-state index in [1.165, 1.54) is 25.3 Å². The van der Waals surface area contributed by atoms with Crippen LogP contribution >= 0.6 is 0 Å².